The summed E-state index contributed by atoms with van der Waals surface area (Å²) in [5, 5.41) is 30.6. The Kier molecular flexibility index (Phi) is 5.44. The van der Waals surface area contributed by atoms with Crippen LogP contribution in [0.25, 0.3) is 0 Å². The molecule has 5 atom stereocenters. The van der Waals surface area contributed by atoms with Crippen molar-refractivity contribution >= 4 is 11.8 Å². The van der Waals surface area contributed by atoms with Crippen molar-refractivity contribution < 1.29 is 39.1 Å². The normalized spacial score (nSPS) is 28.4. The molecule has 3 N–H and O–H groups in total. The maximum Gasteiger partial charge on any atom is 0.262 e. The van der Waals surface area contributed by atoms with Gasteiger partial charge in [0.2, 0.25) is 6.29 Å². The quantitative estimate of drug-likeness (QED) is 0.591. The van der Waals surface area contributed by atoms with Gasteiger partial charge in [0.05, 0.1) is 24.8 Å². The molecule has 4 rings (SSSR count). The highest BCUT2D eigenvalue weighted by molar-refractivity contribution is 6.21. The van der Waals surface area contributed by atoms with Crippen LogP contribution >= 0.6 is 0 Å². The van der Waals surface area contributed by atoms with Gasteiger partial charge in [0, 0.05) is 0 Å². The minimum atomic E-state index is -1.60. The smallest absolute Gasteiger partial charge is 0.262 e. The lowest BCUT2D eigenvalue weighted by Gasteiger charge is -2.44. The van der Waals surface area contributed by atoms with Crippen molar-refractivity contribution in [2.75, 3.05) is 13.7 Å². The van der Waals surface area contributed by atoms with Gasteiger partial charge in [-0.15, -0.1) is 0 Å². The largest absolute Gasteiger partial charge is 0.497 e. The van der Waals surface area contributed by atoms with E-state index in [9.17, 15) is 24.9 Å². The van der Waals surface area contributed by atoms with Gasteiger partial charge < -0.3 is 29.5 Å². The highest BCUT2D eigenvalue weighted by atomic mass is 16.7. The number of carbonyl (C=O) groups is 2. The summed E-state index contributed by atoms with van der Waals surface area (Å²) in [6.45, 7) is -0.588. The number of aliphatic hydroxyl groups is 3. The highest BCUT2D eigenvalue weighted by Crippen LogP contribution is 2.33. The molecule has 30 heavy (non-hydrogen) atoms. The molecule has 0 aliphatic carbocycles. The second-order valence-corrected chi connectivity index (χ2v) is 7.02. The first kappa shape index (κ1) is 20.3. The van der Waals surface area contributed by atoms with Crippen LogP contribution in [0.4, 0.5) is 0 Å². The van der Waals surface area contributed by atoms with Gasteiger partial charge in [0.25, 0.3) is 11.8 Å². The van der Waals surface area contributed by atoms with Crippen molar-refractivity contribution in [2.45, 2.75) is 30.6 Å². The topological polar surface area (TPSA) is 126 Å². The molecule has 158 valence electrons. The van der Waals surface area contributed by atoms with Crippen LogP contribution in [0.5, 0.6) is 11.5 Å². The molecule has 0 saturated carbocycles. The van der Waals surface area contributed by atoms with Crippen LogP contribution in [-0.4, -0.2) is 76.4 Å². The standard InChI is InChI=1S/C21H21NO8/c1-28-11-6-8-12(9-7-11)29-21-16(18(25)17(24)15(10-23)30-21)22-19(26)13-4-2-3-5-14(13)20(22)27/h2-9,15-18,21,23-25H,10H2,1H3. The molecule has 2 aromatic rings. The van der Waals surface area contributed by atoms with Crippen LogP contribution in [0, 0.1) is 0 Å². The van der Waals surface area contributed by atoms with Crippen LogP contribution in [0.2, 0.25) is 0 Å². The molecule has 0 spiro atoms. The minimum absolute atomic E-state index is 0.191. The Balaban J connectivity index is 1.68. The first-order chi connectivity index (χ1) is 14.5. The van der Waals surface area contributed by atoms with Gasteiger partial charge in [-0.2, -0.15) is 0 Å². The minimum Gasteiger partial charge on any atom is -0.497 e. The van der Waals surface area contributed by atoms with Crippen molar-refractivity contribution in [3.63, 3.8) is 0 Å². The summed E-state index contributed by atoms with van der Waals surface area (Å²) in [5.74, 6) is -0.336. The van der Waals surface area contributed by atoms with Crippen molar-refractivity contribution in [3.05, 3.63) is 59.7 Å². The van der Waals surface area contributed by atoms with Gasteiger partial charge >= 0.3 is 0 Å². The van der Waals surface area contributed by atoms with E-state index in [2.05, 4.69) is 0 Å². The molecule has 1 fully saturated rings. The molecular formula is C21H21NO8. The Morgan fingerprint density at radius 3 is 2.03 bits per heavy atom. The fraction of sp³-hybridized carbons (Fsp3) is 0.333. The first-order valence-corrected chi connectivity index (χ1v) is 9.36. The molecule has 1 saturated heterocycles. The average Bonchev–Trinajstić information content (AvgIpc) is 3.02. The Labute approximate surface area is 172 Å². The van der Waals surface area contributed by atoms with Crippen LogP contribution in [0.3, 0.4) is 0 Å². The van der Waals surface area contributed by atoms with Gasteiger partial charge in [0.1, 0.15) is 35.9 Å². The van der Waals surface area contributed by atoms with E-state index in [1.165, 1.54) is 19.2 Å². The lowest BCUT2D eigenvalue weighted by atomic mass is 9.95. The fourth-order valence-electron chi connectivity index (χ4n) is 3.71. The zero-order chi connectivity index (χ0) is 21.4. The molecule has 2 aliphatic heterocycles. The summed E-state index contributed by atoms with van der Waals surface area (Å²) in [6.07, 6.45) is -5.60. The summed E-state index contributed by atoms with van der Waals surface area (Å²) >= 11 is 0. The number of methoxy groups -OCH3 is 1. The lowest BCUT2D eigenvalue weighted by Crippen LogP contribution is -2.66. The molecule has 0 aromatic heterocycles. The second kappa shape index (κ2) is 8.04. The lowest BCUT2D eigenvalue weighted by molar-refractivity contribution is -0.254. The molecule has 9 heteroatoms. The summed E-state index contributed by atoms with van der Waals surface area (Å²) in [5.41, 5.74) is 0.383. The molecule has 0 radical (unpaired) electrons. The predicted octanol–water partition coefficient (Wildman–Crippen LogP) is 0.178. The van der Waals surface area contributed by atoms with Gasteiger partial charge in [-0.05, 0) is 36.4 Å². The van der Waals surface area contributed by atoms with Gasteiger partial charge in [0.15, 0.2) is 0 Å². The Bertz CT molecular complexity index is 911. The number of benzene rings is 2. The van der Waals surface area contributed by atoms with Crippen LogP contribution < -0.4 is 9.47 Å². The summed E-state index contributed by atoms with van der Waals surface area (Å²) < 4.78 is 16.6. The highest BCUT2D eigenvalue weighted by Gasteiger charge is 2.53. The van der Waals surface area contributed by atoms with Gasteiger partial charge in [-0.1, -0.05) is 12.1 Å². The third kappa shape index (κ3) is 3.31. The predicted molar refractivity (Wildman–Crippen MR) is 102 cm³/mol. The van der Waals surface area contributed by atoms with Gasteiger partial charge in [-0.25, -0.2) is 0 Å². The van der Waals surface area contributed by atoms with Crippen molar-refractivity contribution in [1.82, 2.24) is 4.90 Å². The zero-order valence-electron chi connectivity index (χ0n) is 16.0. The molecule has 2 aliphatic rings. The molecule has 0 bridgehead atoms. The number of nitrogens with zero attached hydrogens (tertiary/aromatic N) is 1. The first-order valence-electron chi connectivity index (χ1n) is 9.36. The van der Waals surface area contributed by atoms with E-state index in [-0.39, 0.29) is 11.1 Å². The average molecular weight is 415 g/mol. The molecule has 2 aromatic carbocycles. The number of hydrogen-bond acceptors (Lipinski definition) is 8. The van der Waals surface area contributed by atoms with E-state index in [0.29, 0.717) is 11.5 Å². The number of rotatable bonds is 5. The summed E-state index contributed by atoms with van der Waals surface area (Å²) in [7, 11) is 1.52. The second-order valence-electron chi connectivity index (χ2n) is 7.02. The van der Waals surface area contributed by atoms with E-state index in [0.717, 1.165) is 4.90 Å². The maximum atomic E-state index is 12.9. The van der Waals surface area contributed by atoms with Crippen molar-refractivity contribution in [1.29, 1.82) is 0 Å². The third-order valence-corrected chi connectivity index (χ3v) is 5.28. The monoisotopic (exact) mass is 415 g/mol. The fourth-order valence-corrected chi connectivity index (χ4v) is 3.71. The Morgan fingerprint density at radius 2 is 1.50 bits per heavy atom. The Hall–Kier alpha value is -2.98. The maximum absolute atomic E-state index is 12.9. The number of hydrogen-bond donors (Lipinski definition) is 3. The van der Waals surface area contributed by atoms with Crippen molar-refractivity contribution in [2.24, 2.45) is 0 Å². The number of fused-ring (bicyclic) bond motifs is 1. The van der Waals surface area contributed by atoms with Crippen LogP contribution in [-0.2, 0) is 4.74 Å². The summed E-state index contributed by atoms with van der Waals surface area (Å²) in [6, 6.07) is 11.4. The van der Waals surface area contributed by atoms with E-state index < -0.39 is 49.1 Å². The van der Waals surface area contributed by atoms with Crippen LogP contribution in [0.1, 0.15) is 20.7 Å². The summed E-state index contributed by atoms with van der Waals surface area (Å²) in [4.78, 5) is 26.7. The molecule has 2 amide bonds. The third-order valence-electron chi connectivity index (χ3n) is 5.28. The molecular weight excluding hydrogens is 394 g/mol. The van der Waals surface area contributed by atoms with Gasteiger partial charge in [-0.3, -0.25) is 14.5 Å². The number of imide groups is 1. The number of carbonyl (C=O) groups excluding carboxylic acids is 2. The molecule has 2 heterocycles. The number of amides is 2. The Morgan fingerprint density at radius 1 is 0.933 bits per heavy atom. The SMILES string of the molecule is COc1ccc(OC2OC(CO)C(O)C(O)C2N2C(=O)c3ccccc3C2=O)cc1. The number of ether oxygens (including phenoxy) is 3. The molecule has 9 nitrogen and oxygen atoms in total. The number of aliphatic hydroxyl groups excluding tert-OH is 3. The van der Waals surface area contributed by atoms with E-state index in [1.54, 1.807) is 36.4 Å². The molecule has 5 unspecified atom stereocenters. The van der Waals surface area contributed by atoms with E-state index >= 15 is 0 Å². The van der Waals surface area contributed by atoms with Crippen molar-refractivity contribution in [3.8, 4) is 11.5 Å². The van der Waals surface area contributed by atoms with Crippen LogP contribution in [0.15, 0.2) is 48.5 Å². The van der Waals surface area contributed by atoms with E-state index in [4.69, 9.17) is 14.2 Å². The zero-order valence-corrected chi connectivity index (χ0v) is 16.0. The van der Waals surface area contributed by atoms with E-state index in [1.807, 2.05) is 0 Å².